The number of rotatable bonds is 7. The highest BCUT2D eigenvalue weighted by atomic mass is 32.2. The SMILES string of the molecule is CCC[C@@]1(CCc2ccc(O)cc2)CC(O)=C(Sc2cc(C)c(N)cc2C(C)(C)C)C(=O)O1. The van der Waals surface area contributed by atoms with Crippen molar-refractivity contribution >= 4 is 23.4 Å². The third kappa shape index (κ3) is 5.85. The minimum absolute atomic E-state index is 0.0877. The highest BCUT2D eigenvalue weighted by molar-refractivity contribution is 8.04. The maximum atomic E-state index is 13.1. The van der Waals surface area contributed by atoms with Crippen LogP contribution in [0.2, 0.25) is 0 Å². The first-order chi connectivity index (χ1) is 15.4. The van der Waals surface area contributed by atoms with Crippen molar-refractivity contribution in [3.63, 3.8) is 0 Å². The summed E-state index contributed by atoms with van der Waals surface area (Å²) >= 11 is 1.26. The summed E-state index contributed by atoms with van der Waals surface area (Å²) in [6.07, 6.45) is 3.10. The smallest absolute Gasteiger partial charge is 0.349 e. The minimum Gasteiger partial charge on any atom is -0.511 e. The number of thioether (sulfide) groups is 1. The summed E-state index contributed by atoms with van der Waals surface area (Å²) in [6, 6.07) is 11.0. The number of aromatic hydroxyl groups is 1. The van der Waals surface area contributed by atoms with Gasteiger partial charge in [0, 0.05) is 17.0 Å². The molecule has 2 aromatic rings. The molecule has 0 saturated heterocycles. The summed E-state index contributed by atoms with van der Waals surface area (Å²) in [4.78, 5) is 14.3. The average Bonchev–Trinajstić information content (AvgIpc) is 2.72. The van der Waals surface area contributed by atoms with Crippen LogP contribution >= 0.6 is 11.8 Å². The largest absolute Gasteiger partial charge is 0.511 e. The van der Waals surface area contributed by atoms with Crippen LogP contribution in [0.5, 0.6) is 5.75 Å². The zero-order valence-corrected chi connectivity index (χ0v) is 21.0. The molecule has 0 radical (unpaired) electrons. The number of nitrogen functional groups attached to an aromatic ring is 1. The summed E-state index contributed by atoms with van der Waals surface area (Å²) < 4.78 is 6.04. The van der Waals surface area contributed by atoms with Gasteiger partial charge >= 0.3 is 5.97 Å². The monoisotopic (exact) mass is 469 g/mol. The number of phenolic OH excluding ortho intramolecular Hbond substituents is 1. The number of esters is 1. The maximum Gasteiger partial charge on any atom is 0.349 e. The number of aliphatic hydroxyl groups is 1. The first kappa shape index (κ1) is 25.0. The molecule has 0 aliphatic carbocycles. The summed E-state index contributed by atoms with van der Waals surface area (Å²) in [7, 11) is 0. The third-order valence-electron chi connectivity index (χ3n) is 6.15. The van der Waals surface area contributed by atoms with E-state index in [1.54, 1.807) is 12.1 Å². The molecule has 0 aromatic heterocycles. The van der Waals surface area contributed by atoms with Crippen molar-refractivity contribution in [2.45, 2.75) is 82.6 Å². The molecule has 1 heterocycles. The molecule has 4 N–H and O–H groups in total. The molecule has 2 aromatic carbocycles. The molecule has 1 atom stereocenters. The summed E-state index contributed by atoms with van der Waals surface area (Å²) in [6.45, 7) is 10.3. The number of ether oxygens (including phenoxy) is 1. The summed E-state index contributed by atoms with van der Waals surface area (Å²) in [5.74, 6) is -0.164. The fourth-order valence-corrected chi connectivity index (χ4v) is 5.50. The number of benzene rings is 2. The number of carbonyl (C=O) groups is 1. The predicted molar refractivity (Wildman–Crippen MR) is 135 cm³/mol. The summed E-state index contributed by atoms with van der Waals surface area (Å²) in [5, 5.41) is 20.5. The van der Waals surface area contributed by atoms with Crippen molar-refractivity contribution in [3.05, 3.63) is 63.8 Å². The van der Waals surface area contributed by atoms with E-state index >= 15 is 0 Å². The van der Waals surface area contributed by atoms with E-state index < -0.39 is 11.6 Å². The Morgan fingerprint density at radius 2 is 1.79 bits per heavy atom. The van der Waals surface area contributed by atoms with Gasteiger partial charge in [-0.1, -0.05) is 58.0 Å². The maximum absolute atomic E-state index is 13.1. The van der Waals surface area contributed by atoms with Crippen molar-refractivity contribution in [2.75, 3.05) is 5.73 Å². The van der Waals surface area contributed by atoms with Gasteiger partial charge in [-0.15, -0.1) is 0 Å². The Bertz CT molecular complexity index is 1050. The van der Waals surface area contributed by atoms with Crippen LogP contribution in [-0.4, -0.2) is 21.8 Å². The Balaban J connectivity index is 1.88. The number of hydrogen-bond acceptors (Lipinski definition) is 6. The Morgan fingerprint density at radius 1 is 1.12 bits per heavy atom. The average molecular weight is 470 g/mol. The number of phenols is 1. The van der Waals surface area contributed by atoms with Gasteiger partial charge in [-0.25, -0.2) is 4.79 Å². The molecule has 0 bridgehead atoms. The van der Waals surface area contributed by atoms with Gasteiger partial charge in [0.1, 0.15) is 22.0 Å². The Kier molecular flexibility index (Phi) is 7.37. The highest BCUT2D eigenvalue weighted by Gasteiger charge is 2.41. The molecule has 0 spiro atoms. The number of carbonyl (C=O) groups excluding carboxylic acids is 1. The van der Waals surface area contributed by atoms with E-state index in [2.05, 4.69) is 20.8 Å². The number of nitrogens with two attached hydrogens (primary N) is 1. The van der Waals surface area contributed by atoms with E-state index in [-0.39, 0.29) is 21.8 Å². The molecule has 3 rings (SSSR count). The van der Waals surface area contributed by atoms with Crippen molar-refractivity contribution < 1.29 is 19.7 Å². The van der Waals surface area contributed by atoms with E-state index in [4.69, 9.17) is 10.5 Å². The number of cyclic esters (lactones) is 1. The molecule has 0 amide bonds. The van der Waals surface area contributed by atoms with Crippen molar-refractivity contribution in [2.24, 2.45) is 0 Å². The lowest BCUT2D eigenvalue weighted by molar-refractivity contribution is -0.159. The van der Waals surface area contributed by atoms with E-state index in [1.807, 2.05) is 38.1 Å². The normalized spacial score (nSPS) is 19.0. The van der Waals surface area contributed by atoms with E-state index in [0.29, 0.717) is 31.4 Å². The van der Waals surface area contributed by atoms with Gasteiger partial charge < -0.3 is 20.7 Å². The van der Waals surface area contributed by atoms with Crippen LogP contribution in [0.25, 0.3) is 0 Å². The quantitative estimate of drug-likeness (QED) is 0.314. The fraction of sp³-hybridized carbons (Fsp3) is 0.444. The van der Waals surface area contributed by atoms with Crippen LogP contribution < -0.4 is 5.73 Å². The molecular weight excluding hydrogens is 434 g/mol. The zero-order chi connectivity index (χ0) is 24.4. The lowest BCUT2D eigenvalue weighted by Crippen LogP contribution is -2.40. The highest BCUT2D eigenvalue weighted by Crippen LogP contribution is 2.44. The number of aliphatic hydroxyl groups excluding tert-OH is 1. The van der Waals surface area contributed by atoms with Gasteiger partial charge in [0.15, 0.2) is 0 Å². The Hall–Kier alpha value is -2.60. The molecule has 0 unspecified atom stereocenters. The van der Waals surface area contributed by atoms with E-state index in [1.165, 1.54) is 11.8 Å². The van der Waals surface area contributed by atoms with Gasteiger partial charge in [0.25, 0.3) is 0 Å². The molecule has 1 aliphatic heterocycles. The van der Waals surface area contributed by atoms with Crippen LogP contribution in [0.4, 0.5) is 5.69 Å². The van der Waals surface area contributed by atoms with Crippen molar-refractivity contribution in [1.29, 1.82) is 0 Å². The number of anilines is 1. The number of aryl methyl sites for hydroxylation is 2. The van der Waals surface area contributed by atoms with Crippen LogP contribution in [0.3, 0.4) is 0 Å². The molecule has 178 valence electrons. The summed E-state index contributed by atoms with van der Waals surface area (Å²) in [5.41, 5.74) is 8.98. The van der Waals surface area contributed by atoms with E-state index in [9.17, 15) is 15.0 Å². The molecule has 5 nitrogen and oxygen atoms in total. The topological polar surface area (TPSA) is 92.8 Å². The second-order valence-electron chi connectivity index (χ2n) is 10.00. The van der Waals surface area contributed by atoms with Crippen LogP contribution in [0, 0.1) is 6.92 Å². The lowest BCUT2D eigenvalue weighted by atomic mass is 9.85. The zero-order valence-electron chi connectivity index (χ0n) is 20.2. The Morgan fingerprint density at radius 3 is 2.36 bits per heavy atom. The van der Waals surface area contributed by atoms with Gasteiger partial charge in [0.2, 0.25) is 0 Å². The first-order valence-electron chi connectivity index (χ1n) is 11.5. The van der Waals surface area contributed by atoms with Crippen LogP contribution in [0.15, 0.2) is 52.0 Å². The van der Waals surface area contributed by atoms with Crippen LogP contribution in [-0.2, 0) is 21.4 Å². The van der Waals surface area contributed by atoms with E-state index in [0.717, 1.165) is 28.0 Å². The number of hydrogen-bond donors (Lipinski definition) is 3. The molecule has 0 saturated carbocycles. The van der Waals surface area contributed by atoms with Crippen molar-refractivity contribution in [3.8, 4) is 5.75 Å². The molecular formula is C27H35NO4S. The standard InChI is InChI=1S/C27H35NO4S/c1-6-12-27(13-11-18-7-9-19(29)10-8-18)16-22(30)24(25(31)32-27)33-23-14-17(2)21(28)15-20(23)26(3,4)5/h7-10,14-15,29-30H,6,11-13,16,28H2,1-5H3/t27-/m1/s1. The first-order valence-corrected chi connectivity index (χ1v) is 12.3. The Labute approximate surface area is 201 Å². The van der Waals surface area contributed by atoms with Crippen molar-refractivity contribution in [1.82, 2.24) is 0 Å². The predicted octanol–water partition coefficient (Wildman–Crippen LogP) is 6.56. The third-order valence-corrected chi connectivity index (χ3v) is 7.31. The lowest BCUT2D eigenvalue weighted by Gasteiger charge is -2.37. The molecule has 0 fully saturated rings. The van der Waals surface area contributed by atoms with Gasteiger partial charge in [0.05, 0.1) is 0 Å². The molecule has 1 aliphatic rings. The second-order valence-corrected chi connectivity index (χ2v) is 11.1. The minimum atomic E-state index is -0.734. The van der Waals surface area contributed by atoms with Gasteiger partial charge in [-0.05, 0) is 72.6 Å². The van der Waals surface area contributed by atoms with Gasteiger partial charge in [-0.2, -0.15) is 0 Å². The fourth-order valence-electron chi connectivity index (χ4n) is 4.26. The molecule has 33 heavy (non-hydrogen) atoms. The van der Waals surface area contributed by atoms with Crippen LogP contribution in [0.1, 0.15) is 70.1 Å². The van der Waals surface area contributed by atoms with Gasteiger partial charge in [-0.3, -0.25) is 0 Å². The second kappa shape index (κ2) is 9.72. The molecule has 6 heteroatoms.